The Morgan fingerprint density at radius 3 is 2.28 bits per heavy atom. The minimum atomic E-state index is -0.468. The number of methoxy groups -OCH3 is 2. The summed E-state index contributed by atoms with van der Waals surface area (Å²) < 4.78 is 30.7. The van der Waals surface area contributed by atoms with E-state index in [1.807, 2.05) is 18.2 Å². The number of carbonyl (C=O) groups excluding carboxylic acids is 1. The molecule has 5 nitrogen and oxygen atoms in total. The fourth-order valence-electron chi connectivity index (χ4n) is 2.95. The second kappa shape index (κ2) is 9.10. The van der Waals surface area contributed by atoms with Gasteiger partial charge in [-0.05, 0) is 42.5 Å². The molecule has 3 aromatic rings. The molecule has 0 saturated heterocycles. The third kappa shape index (κ3) is 4.85. The van der Waals surface area contributed by atoms with Crippen LogP contribution < -0.4 is 19.1 Å². The van der Waals surface area contributed by atoms with E-state index in [0.717, 1.165) is 5.56 Å². The Morgan fingerprint density at radius 2 is 1.62 bits per heavy atom. The average molecular weight is 394 g/mol. The van der Waals surface area contributed by atoms with Crippen LogP contribution in [0.2, 0.25) is 0 Å². The van der Waals surface area contributed by atoms with E-state index in [2.05, 4.69) is 0 Å². The van der Waals surface area contributed by atoms with E-state index in [-0.39, 0.29) is 12.5 Å². The molecule has 3 aromatic carbocycles. The molecule has 6 heteroatoms. The number of hydrogen-bond donors (Lipinski definition) is 0. The van der Waals surface area contributed by atoms with Gasteiger partial charge in [0.1, 0.15) is 23.1 Å². The van der Waals surface area contributed by atoms with Crippen LogP contribution in [0.5, 0.6) is 23.0 Å². The van der Waals surface area contributed by atoms with E-state index in [4.69, 9.17) is 14.2 Å². The summed E-state index contributed by atoms with van der Waals surface area (Å²) in [5, 5.41) is 0. The van der Waals surface area contributed by atoms with Crippen molar-refractivity contribution >= 4 is 11.6 Å². The van der Waals surface area contributed by atoms with Gasteiger partial charge in [0, 0.05) is 18.6 Å². The normalized spacial score (nSPS) is 10.3. The molecule has 150 valence electrons. The zero-order valence-corrected chi connectivity index (χ0v) is 16.5. The fourth-order valence-corrected chi connectivity index (χ4v) is 2.95. The van der Waals surface area contributed by atoms with Crippen LogP contribution in [0, 0.1) is 5.82 Å². The van der Waals surface area contributed by atoms with Crippen molar-refractivity contribution in [1.29, 1.82) is 0 Å². The molecule has 0 N–H and O–H groups in total. The Bertz CT molecular complexity index is 991. The van der Waals surface area contributed by atoms with Gasteiger partial charge in [0.05, 0.1) is 26.5 Å². The zero-order chi connectivity index (χ0) is 20.8. The summed E-state index contributed by atoms with van der Waals surface area (Å²) in [4.78, 5) is 13.9. The van der Waals surface area contributed by atoms with Gasteiger partial charge >= 0.3 is 0 Å². The number of nitrogens with zero attached hydrogens (tertiary/aromatic N) is 1. The van der Waals surface area contributed by atoms with Crippen molar-refractivity contribution in [2.24, 2.45) is 0 Å². The molecule has 3 rings (SSSR count). The molecule has 0 heterocycles. The number of anilines is 1. The van der Waals surface area contributed by atoms with Crippen LogP contribution >= 0.6 is 0 Å². The maximum atomic E-state index is 14.1. The molecular weight excluding hydrogens is 372 g/mol. The summed E-state index contributed by atoms with van der Waals surface area (Å²) in [6, 6.07) is 18.5. The summed E-state index contributed by atoms with van der Waals surface area (Å²) in [7, 11) is 3.11. The number of carbonyl (C=O) groups is 1. The molecular formula is C23H22FNO4. The lowest BCUT2D eigenvalue weighted by molar-refractivity contribution is -0.116. The molecule has 0 radical (unpaired) electrons. The highest BCUT2D eigenvalue weighted by atomic mass is 19.1. The van der Waals surface area contributed by atoms with E-state index in [1.165, 1.54) is 30.0 Å². The first-order valence-corrected chi connectivity index (χ1v) is 9.03. The molecule has 29 heavy (non-hydrogen) atoms. The SMILES string of the molecule is COc1ccc(OC)c(CN(c2cc(F)ccc2Oc2ccccc2)[11C](C)=O)c1. The van der Waals surface area contributed by atoms with E-state index in [9.17, 15) is 9.18 Å². The second-order valence-corrected chi connectivity index (χ2v) is 6.31. The van der Waals surface area contributed by atoms with Gasteiger partial charge in [-0.2, -0.15) is 0 Å². The third-order valence-corrected chi connectivity index (χ3v) is 4.38. The minimum Gasteiger partial charge on any atom is -0.497 e. The molecule has 0 spiro atoms. The average Bonchev–Trinajstić information content (AvgIpc) is 2.73. The molecule has 0 unspecified atom stereocenters. The first kappa shape index (κ1) is 20.2. The van der Waals surface area contributed by atoms with E-state index < -0.39 is 5.82 Å². The number of amides is 1. The van der Waals surface area contributed by atoms with Crippen molar-refractivity contribution in [3.05, 3.63) is 78.1 Å². The summed E-state index contributed by atoms with van der Waals surface area (Å²) in [5.41, 5.74) is 1.04. The summed E-state index contributed by atoms with van der Waals surface area (Å²) in [6.45, 7) is 1.58. The Morgan fingerprint density at radius 1 is 0.897 bits per heavy atom. The standard InChI is InChI=1S/C23H22FNO4/c1-16(26)25(15-17-13-20(27-2)10-12-22(17)28-3)21-14-18(24)9-11-23(21)29-19-7-5-4-6-8-19/h4-14H,15H2,1-3H3/i16-1. The highest BCUT2D eigenvalue weighted by Gasteiger charge is 2.20. The smallest absolute Gasteiger partial charge is 0.224 e. The van der Waals surface area contributed by atoms with Crippen LogP contribution in [-0.2, 0) is 11.3 Å². The molecule has 0 aliphatic heterocycles. The maximum Gasteiger partial charge on any atom is 0.224 e. The zero-order valence-electron chi connectivity index (χ0n) is 16.5. The number of para-hydroxylation sites is 1. The number of hydrogen-bond acceptors (Lipinski definition) is 4. The monoisotopic (exact) mass is 394 g/mol. The largest absolute Gasteiger partial charge is 0.497 e. The van der Waals surface area contributed by atoms with Gasteiger partial charge in [-0.3, -0.25) is 4.79 Å². The van der Waals surface area contributed by atoms with Crippen LogP contribution in [0.1, 0.15) is 12.5 Å². The Hall–Kier alpha value is -3.54. The summed E-state index contributed by atoms with van der Waals surface area (Å²) in [6.07, 6.45) is 0. The molecule has 0 aliphatic rings. The van der Waals surface area contributed by atoms with E-state index >= 15 is 0 Å². The van der Waals surface area contributed by atoms with Crippen molar-refractivity contribution in [3.63, 3.8) is 0 Å². The number of ether oxygens (including phenoxy) is 3. The van der Waals surface area contributed by atoms with Gasteiger partial charge in [0.25, 0.3) is 0 Å². The van der Waals surface area contributed by atoms with Crippen molar-refractivity contribution in [3.8, 4) is 23.0 Å². The first-order valence-electron chi connectivity index (χ1n) is 9.03. The lowest BCUT2D eigenvalue weighted by Gasteiger charge is -2.25. The highest BCUT2D eigenvalue weighted by Crippen LogP contribution is 2.35. The van der Waals surface area contributed by atoms with Crippen molar-refractivity contribution < 1.29 is 23.4 Å². The van der Waals surface area contributed by atoms with Gasteiger partial charge in [-0.25, -0.2) is 4.39 Å². The van der Waals surface area contributed by atoms with Gasteiger partial charge in [-0.15, -0.1) is 0 Å². The molecule has 0 atom stereocenters. The molecule has 0 aromatic heterocycles. The van der Waals surface area contributed by atoms with Gasteiger partial charge in [0.2, 0.25) is 5.91 Å². The lowest BCUT2D eigenvalue weighted by Crippen LogP contribution is -2.28. The number of halogens is 1. The lowest BCUT2D eigenvalue weighted by atomic mass is 9.98. The Labute approximate surface area is 169 Å². The maximum absolute atomic E-state index is 14.1. The van der Waals surface area contributed by atoms with Gasteiger partial charge in [-0.1, -0.05) is 18.2 Å². The Balaban J connectivity index is 2.02. The quantitative estimate of drug-likeness (QED) is 0.553. The topological polar surface area (TPSA) is 48.0 Å². The van der Waals surface area contributed by atoms with Crippen LogP contribution in [0.25, 0.3) is 0 Å². The Kier molecular flexibility index (Phi) is 6.34. The predicted molar refractivity (Wildman–Crippen MR) is 109 cm³/mol. The van der Waals surface area contributed by atoms with Crippen LogP contribution in [-0.4, -0.2) is 20.1 Å². The predicted octanol–water partition coefficient (Wildman–Crippen LogP) is 5.19. The third-order valence-electron chi connectivity index (χ3n) is 4.38. The van der Waals surface area contributed by atoms with E-state index in [0.29, 0.717) is 28.7 Å². The highest BCUT2D eigenvalue weighted by molar-refractivity contribution is 5.93. The van der Waals surface area contributed by atoms with E-state index in [1.54, 1.807) is 44.6 Å². The first-order chi connectivity index (χ1) is 14.0. The van der Waals surface area contributed by atoms with Crippen molar-refractivity contribution in [2.45, 2.75) is 13.5 Å². The van der Waals surface area contributed by atoms with Crippen LogP contribution in [0.4, 0.5) is 10.1 Å². The summed E-state index contributed by atoms with van der Waals surface area (Å²) in [5.74, 6) is 1.45. The van der Waals surface area contributed by atoms with Crippen molar-refractivity contribution in [2.75, 3.05) is 19.1 Å². The molecule has 0 bridgehead atoms. The minimum absolute atomic E-state index is 0.157. The van der Waals surface area contributed by atoms with Gasteiger partial charge in [0.15, 0.2) is 5.75 Å². The van der Waals surface area contributed by atoms with Crippen LogP contribution in [0.15, 0.2) is 66.7 Å². The van der Waals surface area contributed by atoms with Crippen molar-refractivity contribution in [1.82, 2.24) is 0 Å². The number of benzene rings is 3. The molecule has 1 amide bonds. The number of rotatable bonds is 7. The molecule has 0 aliphatic carbocycles. The second-order valence-electron chi connectivity index (χ2n) is 6.31. The molecule has 0 saturated carbocycles. The summed E-state index contributed by atoms with van der Waals surface area (Å²) >= 11 is 0. The molecule has 0 fully saturated rings. The van der Waals surface area contributed by atoms with Crippen LogP contribution in [0.3, 0.4) is 0 Å². The fraction of sp³-hybridized carbons (Fsp3) is 0.174. The van der Waals surface area contributed by atoms with Gasteiger partial charge < -0.3 is 19.1 Å².